The highest BCUT2D eigenvalue weighted by Crippen LogP contribution is 2.19. The Morgan fingerprint density at radius 2 is 2.00 bits per heavy atom. The van der Waals surface area contributed by atoms with Crippen LogP contribution < -0.4 is 0 Å². The highest BCUT2D eigenvalue weighted by molar-refractivity contribution is 7.11. The topological polar surface area (TPSA) is 57.6 Å². The van der Waals surface area contributed by atoms with Crippen molar-refractivity contribution in [1.29, 1.82) is 0 Å². The molecule has 0 spiro atoms. The number of amides is 1. The lowest BCUT2D eigenvalue weighted by molar-refractivity contribution is -0.131. The second-order valence-electron chi connectivity index (χ2n) is 5.35. The Morgan fingerprint density at radius 1 is 1.35 bits per heavy atom. The molecule has 0 bridgehead atoms. The molecule has 1 aromatic rings. The molecule has 0 fully saturated rings. The van der Waals surface area contributed by atoms with Gasteiger partial charge in [0.05, 0.1) is 5.56 Å². The fourth-order valence-corrected chi connectivity index (χ4v) is 2.57. The third kappa shape index (κ3) is 4.81. The number of aliphatic carboxylic acids is 1. The van der Waals surface area contributed by atoms with Crippen molar-refractivity contribution in [2.75, 3.05) is 6.54 Å². The van der Waals surface area contributed by atoms with Gasteiger partial charge in [0.1, 0.15) is 0 Å². The summed E-state index contributed by atoms with van der Waals surface area (Å²) in [7, 11) is 0. The molecule has 20 heavy (non-hydrogen) atoms. The van der Waals surface area contributed by atoms with Crippen LogP contribution in [0.5, 0.6) is 0 Å². The van der Waals surface area contributed by atoms with E-state index in [4.69, 9.17) is 5.11 Å². The summed E-state index contributed by atoms with van der Waals surface area (Å²) in [6.07, 6.45) is 2.58. The molecule has 0 saturated heterocycles. The van der Waals surface area contributed by atoms with Gasteiger partial charge in [0.15, 0.2) is 0 Å². The Balaban J connectivity index is 2.87. The van der Waals surface area contributed by atoms with E-state index in [9.17, 15) is 9.59 Å². The number of carboxylic acids is 1. The van der Waals surface area contributed by atoms with E-state index in [1.807, 2.05) is 18.7 Å². The summed E-state index contributed by atoms with van der Waals surface area (Å²) in [6.45, 7) is 8.87. The van der Waals surface area contributed by atoms with E-state index in [1.165, 1.54) is 17.4 Å². The fourth-order valence-electron chi connectivity index (χ4n) is 1.79. The Labute approximate surface area is 123 Å². The third-order valence-electron chi connectivity index (χ3n) is 2.70. The molecular weight excluding hydrogens is 274 g/mol. The van der Waals surface area contributed by atoms with E-state index in [-0.39, 0.29) is 11.9 Å². The number of rotatable bonds is 6. The predicted octanol–water partition coefficient (Wildman–Crippen LogP) is 3.35. The normalized spacial score (nSPS) is 11.5. The molecule has 1 aromatic heterocycles. The molecule has 4 nitrogen and oxygen atoms in total. The first-order valence-electron chi connectivity index (χ1n) is 6.61. The van der Waals surface area contributed by atoms with Crippen LogP contribution in [0.1, 0.15) is 42.9 Å². The van der Waals surface area contributed by atoms with E-state index < -0.39 is 5.97 Å². The minimum Gasteiger partial charge on any atom is -0.478 e. The number of carbonyl (C=O) groups is 2. The van der Waals surface area contributed by atoms with Crippen molar-refractivity contribution in [1.82, 2.24) is 4.90 Å². The number of hydrogen-bond acceptors (Lipinski definition) is 3. The van der Waals surface area contributed by atoms with Crippen molar-refractivity contribution >= 4 is 29.3 Å². The van der Waals surface area contributed by atoms with Crippen molar-refractivity contribution in [2.24, 2.45) is 5.92 Å². The second-order valence-corrected chi connectivity index (χ2v) is 6.30. The summed E-state index contributed by atoms with van der Waals surface area (Å²) in [5, 5.41) is 10.4. The summed E-state index contributed by atoms with van der Waals surface area (Å²) in [5.41, 5.74) is 0.620. The van der Waals surface area contributed by atoms with Gasteiger partial charge in [-0.3, -0.25) is 4.79 Å². The van der Waals surface area contributed by atoms with Crippen molar-refractivity contribution < 1.29 is 14.7 Å². The average Bonchev–Trinajstić information content (AvgIpc) is 2.80. The van der Waals surface area contributed by atoms with E-state index in [2.05, 4.69) is 13.8 Å². The molecule has 0 radical (unpaired) electrons. The first-order chi connectivity index (χ1) is 9.31. The van der Waals surface area contributed by atoms with Gasteiger partial charge in [0.25, 0.3) is 5.91 Å². The number of thiophene rings is 1. The van der Waals surface area contributed by atoms with Gasteiger partial charge < -0.3 is 10.0 Å². The van der Waals surface area contributed by atoms with Crippen LogP contribution in [0, 0.1) is 5.92 Å². The first-order valence-corrected chi connectivity index (χ1v) is 7.49. The standard InChI is InChI=1S/C15H21NO3S/c1-10(2)8-16(11(3)4)15(19)12-7-13(20-9-12)5-6-14(17)18/h5-7,9-11H,8H2,1-4H3,(H,17,18). The average molecular weight is 295 g/mol. The van der Waals surface area contributed by atoms with Crippen molar-refractivity contribution in [3.8, 4) is 0 Å². The Bertz CT molecular complexity index is 503. The van der Waals surface area contributed by atoms with Gasteiger partial charge in [-0.05, 0) is 31.9 Å². The van der Waals surface area contributed by atoms with Crippen LogP contribution in [0.15, 0.2) is 17.5 Å². The summed E-state index contributed by atoms with van der Waals surface area (Å²) >= 11 is 1.37. The van der Waals surface area contributed by atoms with E-state index in [0.29, 0.717) is 18.0 Å². The zero-order valence-electron chi connectivity index (χ0n) is 12.3. The minimum atomic E-state index is -0.991. The van der Waals surface area contributed by atoms with Crippen molar-refractivity contribution in [3.05, 3.63) is 28.0 Å². The van der Waals surface area contributed by atoms with Gasteiger partial charge in [0.2, 0.25) is 0 Å². The fraction of sp³-hybridized carbons (Fsp3) is 0.467. The van der Waals surface area contributed by atoms with Gasteiger partial charge in [-0.1, -0.05) is 13.8 Å². The molecule has 1 rings (SSSR count). The van der Waals surface area contributed by atoms with Gasteiger partial charge in [-0.15, -0.1) is 11.3 Å². The Kier molecular flexibility index (Phi) is 5.95. The molecule has 1 heterocycles. The molecule has 0 aliphatic heterocycles. The lowest BCUT2D eigenvalue weighted by Crippen LogP contribution is -2.39. The van der Waals surface area contributed by atoms with E-state index in [1.54, 1.807) is 11.4 Å². The van der Waals surface area contributed by atoms with Crippen LogP contribution >= 0.6 is 11.3 Å². The summed E-state index contributed by atoms with van der Waals surface area (Å²) in [6, 6.07) is 1.88. The second kappa shape index (κ2) is 7.24. The maximum absolute atomic E-state index is 12.5. The molecule has 5 heteroatoms. The first kappa shape index (κ1) is 16.4. The van der Waals surface area contributed by atoms with Gasteiger partial charge in [-0.2, -0.15) is 0 Å². The highest BCUT2D eigenvalue weighted by Gasteiger charge is 2.20. The number of carboxylic acid groups (broad SMARTS) is 1. The monoisotopic (exact) mass is 295 g/mol. The van der Waals surface area contributed by atoms with Crippen LogP contribution in [0.25, 0.3) is 6.08 Å². The van der Waals surface area contributed by atoms with Crippen LogP contribution in [0.4, 0.5) is 0 Å². The van der Waals surface area contributed by atoms with Crippen molar-refractivity contribution in [2.45, 2.75) is 33.7 Å². The molecule has 0 unspecified atom stereocenters. The minimum absolute atomic E-state index is 0.0000694. The summed E-state index contributed by atoms with van der Waals surface area (Å²) < 4.78 is 0. The SMILES string of the molecule is CC(C)CN(C(=O)c1csc(C=CC(=O)O)c1)C(C)C. The van der Waals surface area contributed by atoms with Crippen LogP contribution in [-0.4, -0.2) is 34.5 Å². The lowest BCUT2D eigenvalue weighted by Gasteiger charge is -2.28. The van der Waals surface area contributed by atoms with Crippen molar-refractivity contribution in [3.63, 3.8) is 0 Å². The quantitative estimate of drug-likeness (QED) is 0.819. The zero-order chi connectivity index (χ0) is 15.3. The maximum atomic E-state index is 12.5. The molecule has 110 valence electrons. The summed E-state index contributed by atoms with van der Waals surface area (Å²) in [4.78, 5) is 25.6. The Hall–Kier alpha value is -1.62. The molecule has 0 saturated carbocycles. The predicted molar refractivity (Wildman–Crippen MR) is 82.0 cm³/mol. The Morgan fingerprint density at radius 3 is 2.50 bits per heavy atom. The zero-order valence-corrected chi connectivity index (χ0v) is 13.1. The van der Waals surface area contributed by atoms with Crippen LogP contribution in [0.3, 0.4) is 0 Å². The molecule has 0 aromatic carbocycles. The number of nitrogens with zero attached hydrogens (tertiary/aromatic N) is 1. The number of carbonyl (C=O) groups excluding carboxylic acids is 1. The van der Waals surface area contributed by atoms with Crippen LogP contribution in [0.2, 0.25) is 0 Å². The van der Waals surface area contributed by atoms with E-state index in [0.717, 1.165) is 11.0 Å². The number of hydrogen-bond donors (Lipinski definition) is 1. The smallest absolute Gasteiger partial charge is 0.328 e. The van der Waals surface area contributed by atoms with E-state index >= 15 is 0 Å². The molecule has 0 atom stereocenters. The summed E-state index contributed by atoms with van der Waals surface area (Å²) in [5.74, 6) is -0.582. The maximum Gasteiger partial charge on any atom is 0.328 e. The third-order valence-corrected chi connectivity index (χ3v) is 3.60. The van der Waals surface area contributed by atoms with Gasteiger partial charge in [0, 0.05) is 28.9 Å². The van der Waals surface area contributed by atoms with Gasteiger partial charge >= 0.3 is 5.97 Å². The van der Waals surface area contributed by atoms with Gasteiger partial charge in [-0.25, -0.2) is 4.79 Å². The van der Waals surface area contributed by atoms with Crippen LogP contribution in [-0.2, 0) is 4.79 Å². The largest absolute Gasteiger partial charge is 0.478 e. The lowest BCUT2D eigenvalue weighted by atomic mass is 10.1. The molecular formula is C15H21NO3S. The molecule has 1 amide bonds. The molecule has 1 N–H and O–H groups in total. The molecule has 0 aliphatic carbocycles. The highest BCUT2D eigenvalue weighted by atomic mass is 32.1. The molecule has 0 aliphatic rings.